The van der Waals surface area contributed by atoms with Crippen molar-refractivity contribution in [3.63, 3.8) is 0 Å². The second-order valence-electron chi connectivity index (χ2n) is 4.35. The molecule has 0 radical (unpaired) electrons. The lowest BCUT2D eigenvalue weighted by atomic mass is 10.1. The van der Waals surface area contributed by atoms with E-state index in [-0.39, 0.29) is 11.1 Å². The van der Waals surface area contributed by atoms with Crippen LogP contribution in [0.5, 0.6) is 0 Å². The lowest BCUT2D eigenvalue weighted by molar-refractivity contribution is 0.0696. The van der Waals surface area contributed by atoms with Crippen molar-refractivity contribution < 1.29 is 9.90 Å². The van der Waals surface area contributed by atoms with Gasteiger partial charge in [0.1, 0.15) is 0 Å². The van der Waals surface area contributed by atoms with E-state index in [1.54, 1.807) is 0 Å². The summed E-state index contributed by atoms with van der Waals surface area (Å²) in [6.45, 7) is 2.11. The number of aromatic nitrogens is 1. The van der Waals surface area contributed by atoms with Crippen LogP contribution in [0.2, 0.25) is 0 Å². The Balaban J connectivity index is 2.43. The minimum absolute atomic E-state index is 0.0947. The summed E-state index contributed by atoms with van der Waals surface area (Å²) >= 11 is 0. The molecule has 0 aliphatic heterocycles. The van der Waals surface area contributed by atoms with Gasteiger partial charge in [-0.1, -0.05) is 25.5 Å². The first-order valence-electron chi connectivity index (χ1n) is 6.17. The molecule has 4 heteroatoms. The first-order chi connectivity index (χ1) is 9.11. The Kier molecular flexibility index (Phi) is 3.80. The van der Waals surface area contributed by atoms with Gasteiger partial charge in [-0.25, -0.2) is 4.79 Å². The third kappa shape index (κ3) is 2.91. The van der Waals surface area contributed by atoms with Crippen molar-refractivity contribution >= 4 is 5.97 Å². The van der Waals surface area contributed by atoms with Gasteiger partial charge >= 0.3 is 5.97 Å². The fourth-order valence-corrected chi connectivity index (χ4v) is 1.93. The highest BCUT2D eigenvalue weighted by Crippen LogP contribution is 2.10. The third-order valence-electron chi connectivity index (χ3n) is 2.91. The van der Waals surface area contributed by atoms with Crippen LogP contribution in [-0.4, -0.2) is 15.6 Å². The molecule has 1 N–H and O–H groups in total. The summed E-state index contributed by atoms with van der Waals surface area (Å²) in [4.78, 5) is 22.7. The van der Waals surface area contributed by atoms with Crippen LogP contribution in [0.1, 0.15) is 29.3 Å². The van der Waals surface area contributed by atoms with E-state index in [4.69, 9.17) is 5.11 Å². The zero-order valence-electron chi connectivity index (χ0n) is 10.7. The van der Waals surface area contributed by atoms with E-state index < -0.39 is 5.97 Å². The second kappa shape index (κ2) is 5.52. The first-order valence-corrected chi connectivity index (χ1v) is 6.17. The monoisotopic (exact) mass is 257 g/mol. The van der Waals surface area contributed by atoms with Gasteiger partial charge in [-0.2, -0.15) is 0 Å². The minimum atomic E-state index is -1.05. The molecular formula is C15H15NO3. The second-order valence-corrected chi connectivity index (χ2v) is 4.35. The summed E-state index contributed by atoms with van der Waals surface area (Å²) in [5, 5.41) is 8.95. The van der Waals surface area contributed by atoms with Crippen LogP contribution >= 0.6 is 0 Å². The summed E-state index contributed by atoms with van der Waals surface area (Å²) in [5.74, 6) is -1.05. The van der Waals surface area contributed by atoms with Crippen molar-refractivity contribution in [1.29, 1.82) is 0 Å². The maximum atomic E-state index is 11.8. The summed E-state index contributed by atoms with van der Waals surface area (Å²) in [7, 11) is 0. The highest BCUT2D eigenvalue weighted by Gasteiger charge is 2.06. The van der Waals surface area contributed by atoms with Gasteiger partial charge < -0.3 is 5.11 Å². The maximum absolute atomic E-state index is 11.8. The number of aryl methyl sites for hydroxylation is 1. The van der Waals surface area contributed by atoms with Gasteiger partial charge in [-0.15, -0.1) is 0 Å². The predicted octanol–water partition coefficient (Wildman–Crippen LogP) is 2.49. The summed E-state index contributed by atoms with van der Waals surface area (Å²) in [6, 6.07) is 10.2. The fourth-order valence-electron chi connectivity index (χ4n) is 1.93. The Labute approximate surface area is 110 Å². The Bertz CT molecular complexity index is 641. The van der Waals surface area contributed by atoms with Crippen molar-refractivity contribution in [1.82, 2.24) is 4.57 Å². The molecule has 0 unspecified atom stereocenters. The van der Waals surface area contributed by atoms with Crippen molar-refractivity contribution in [2.24, 2.45) is 0 Å². The average Bonchev–Trinajstić information content (AvgIpc) is 2.40. The van der Waals surface area contributed by atoms with Gasteiger partial charge in [0.25, 0.3) is 5.56 Å². The van der Waals surface area contributed by atoms with E-state index in [0.29, 0.717) is 5.69 Å². The Morgan fingerprint density at radius 1 is 1.16 bits per heavy atom. The number of rotatable bonds is 4. The van der Waals surface area contributed by atoms with E-state index in [0.717, 1.165) is 12.8 Å². The molecule has 1 aromatic heterocycles. The van der Waals surface area contributed by atoms with Crippen LogP contribution in [0.4, 0.5) is 0 Å². The number of hydrogen-bond acceptors (Lipinski definition) is 2. The van der Waals surface area contributed by atoms with Gasteiger partial charge in [-0.3, -0.25) is 9.36 Å². The maximum Gasteiger partial charge on any atom is 0.337 e. The molecule has 2 aromatic rings. The zero-order valence-corrected chi connectivity index (χ0v) is 10.7. The van der Waals surface area contributed by atoms with Crippen LogP contribution in [0, 0.1) is 0 Å². The van der Waals surface area contributed by atoms with Crippen molar-refractivity contribution in [3.8, 4) is 5.69 Å². The van der Waals surface area contributed by atoms with Crippen LogP contribution in [0.15, 0.2) is 47.4 Å². The van der Waals surface area contributed by atoms with Crippen molar-refractivity contribution in [2.45, 2.75) is 19.8 Å². The minimum Gasteiger partial charge on any atom is -0.478 e. The SMILES string of the molecule is CCCc1ccc(-n2cc(C(=O)O)ccc2=O)cc1. The first kappa shape index (κ1) is 13.1. The van der Waals surface area contributed by atoms with Crippen LogP contribution in [0.3, 0.4) is 0 Å². The Hall–Kier alpha value is -2.36. The standard InChI is InChI=1S/C15H15NO3/c1-2-3-11-4-7-13(8-5-11)16-10-12(15(18)19)6-9-14(16)17/h4-10H,2-3H2,1H3,(H,18,19). The number of carboxylic acids is 1. The fraction of sp³-hybridized carbons (Fsp3) is 0.200. The lowest BCUT2D eigenvalue weighted by Gasteiger charge is -2.07. The van der Waals surface area contributed by atoms with Gasteiger partial charge in [0.15, 0.2) is 0 Å². The number of aromatic carboxylic acids is 1. The van der Waals surface area contributed by atoms with E-state index in [1.807, 2.05) is 24.3 Å². The topological polar surface area (TPSA) is 59.3 Å². The zero-order chi connectivity index (χ0) is 13.8. The highest BCUT2D eigenvalue weighted by atomic mass is 16.4. The van der Waals surface area contributed by atoms with E-state index in [1.165, 1.54) is 28.5 Å². The van der Waals surface area contributed by atoms with Gasteiger partial charge in [-0.05, 0) is 30.2 Å². The molecule has 0 atom stereocenters. The number of pyridine rings is 1. The molecule has 0 aliphatic carbocycles. The largest absolute Gasteiger partial charge is 0.478 e. The Morgan fingerprint density at radius 3 is 2.42 bits per heavy atom. The number of carbonyl (C=O) groups is 1. The number of nitrogens with zero attached hydrogens (tertiary/aromatic N) is 1. The molecule has 0 amide bonds. The quantitative estimate of drug-likeness (QED) is 0.915. The normalized spacial score (nSPS) is 10.4. The molecule has 0 bridgehead atoms. The molecule has 0 saturated carbocycles. The van der Waals surface area contributed by atoms with E-state index in [2.05, 4.69) is 6.92 Å². The molecule has 0 aliphatic rings. The number of benzene rings is 1. The summed E-state index contributed by atoms with van der Waals surface area (Å²) in [6.07, 6.45) is 3.40. The molecule has 0 saturated heterocycles. The molecule has 0 spiro atoms. The average molecular weight is 257 g/mol. The van der Waals surface area contributed by atoms with Gasteiger partial charge in [0, 0.05) is 18.0 Å². The molecule has 0 fully saturated rings. The number of hydrogen-bond donors (Lipinski definition) is 1. The summed E-state index contributed by atoms with van der Waals surface area (Å²) in [5.41, 5.74) is 1.73. The van der Waals surface area contributed by atoms with Crippen LogP contribution in [0.25, 0.3) is 5.69 Å². The van der Waals surface area contributed by atoms with Crippen LogP contribution < -0.4 is 5.56 Å². The predicted molar refractivity (Wildman–Crippen MR) is 73.0 cm³/mol. The van der Waals surface area contributed by atoms with Crippen molar-refractivity contribution in [2.75, 3.05) is 0 Å². The van der Waals surface area contributed by atoms with Crippen LogP contribution in [-0.2, 0) is 6.42 Å². The molecule has 1 heterocycles. The molecule has 4 nitrogen and oxygen atoms in total. The highest BCUT2D eigenvalue weighted by molar-refractivity contribution is 5.87. The van der Waals surface area contributed by atoms with E-state index >= 15 is 0 Å². The van der Waals surface area contributed by atoms with E-state index in [9.17, 15) is 9.59 Å². The molecule has 1 aromatic carbocycles. The van der Waals surface area contributed by atoms with Crippen molar-refractivity contribution in [3.05, 3.63) is 64.1 Å². The smallest absolute Gasteiger partial charge is 0.337 e. The Morgan fingerprint density at radius 2 is 1.84 bits per heavy atom. The third-order valence-corrected chi connectivity index (χ3v) is 2.91. The lowest BCUT2D eigenvalue weighted by Crippen LogP contribution is -2.18. The molecule has 19 heavy (non-hydrogen) atoms. The van der Waals surface area contributed by atoms with Gasteiger partial charge in [0.2, 0.25) is 0 Å². The van der Waals surface area contributed by atoms with Gasteiger partial charge in [0.05, 0.1) is 5.56 Å². The molecule has 98 valence electrons. The summed E-state index contributed by atoms with van der Waals surface area (Å²) < 4.78 is 1.35. The molecular weight excluding hydrogens is 242 g/mol. The molecule has 2 rings (SSSR count). The number of carboxylic acid groups (broad SMARTS) is 1.